The summed E-state index contributed by atoms with van der Waals surface area (Å²) in [6.45, 7) is 0.825. The summed E-state index contributed by atoms with van der Waals surface area (Å²) in [5, 5.41) is 8.87. The van der Waals surface area contributed by atoms with Gasteiger partial charge in [-0.15, -0.1) is 0 Å². The van der Waals surface area contributed by atoms with Gasteiger partial charge in [0.25, 0.3) is 0 Å². The predicted octanol–water partition coefficient (Wildman–Crippen LogP) is 4.40. The molecule has 0 radical (unpaired) electrons. The fourth-order valence-corrected chi connectivity index (χ4v) is 3.69. The molecule has 0 N–H and O–H groups in total. The van der Waals surface area contributed by atoms with E-state index in [1.165, 1.54) is 32.1 Å². The van der Waals surface area contributed by atoms with Gasteiger partial charge in [-0.2, -0.15) is 5.26 Å². The van der Waals surface area contributed by atoms with Crippen molar-refractivity contribution in [3.63, 3.8) is 0 Å². The fraction of sp³-hybridized carbons (Fsp3) is 0.579. The Morgan fingerprint density at radius 1 is 1.17 bits per heavy atom. The molecule has 1 aliphatic rings. The van der Waals surface area contributed by atoms with Gasteiger partial charge in [-0.3, -0.25) is 0 Å². The topological polar surface area (TPSA) is 60.1 Å². The van der Waals surface area contributed by atoms with E-state index in [1.807, 2.05) is 12.1 Å². The third-order valence-electron chi connectivity index (χ3n) is 4.92. The van der Waals surface area contributed by atoms with E-state index in [-0.39, 0.29) is 0 Å². The van der Waals surface area contributed by atoms with Crippen molar-refractivity contribution in [2.24, 2.45) is 0 Å². The molecule has 2 aromatic rings. The fourth-order valence-electron chi connectivity index (χ4n) is 3.69. The van der Waals surface area contributed by atoms with Gasteiger partial charge in [0.2, 0.25) is 0 Å². The summed E-state index contributed by atoms with van der Waals surface area (Å²) in [6.07, 6.45) is 7.70. The summed E-state index contributed by atoms with van der Waals surface area (Å²) in [7, 11) is 3.30. The van der Waals surface area contributed by atoms with E-state index >= 15 is 0 Å². The summed E-state index contributed by atoms with van der Waals surface area (Å²) in [5.74, 6) is 3.12. The van der Waals surface area contributed by atoms with Gasteiger partial charge in [0.1, 0.15) is 5.82 Å². The zero-order chi connectivity index (χ0) is 16.9. The smallest absolute Gasteiger partial charge is 0.163 e. The normalized spacial score (nSPS) is 15.4. The molecule has 0 atom stereocenters. The molecule has 1 aromatic carbocycles. The maximum absolute atomic E-state index is 8.87. The number of aromatic nitrogens is 2. The van der Waals surface area contributed by atoms with Gasteiger partial charge in [-0.25, -0.2) is 4.98 Å². The number of methoxy groups -OCH3 is 2. The summed E-state index contributed by atoms with van der Waals surface area (Å²) < 4.78 is 13.2. The number of aryl methyl sites for hydroxylation is 1. The van der Waals surface area contributed by atoms with Gasteiger partial charge in [0.15, 0.2) is 11.5 Å². The molecule has 0 aliphatic heterocycles. The lowest BCUT2D eigenvalue weighted by Crippen LogP contribution is -2.12. The van der Waals surface area contributed by atoms with Gasteiger partial charge in [-0.05, 0) is 19.3 Å². The quantitative estimate of drug-likeness (QED) is 0.738. The van der Waals surface area contributed by atoms with E-state index in [0.29, 0.717) is 18.1 Å². The minimum Gasteiger partial charge on any atom is -0.493 e. The van der Waals surface area contributed by atoms with Crippen molar-refractivity contribution in [3.8, 4) is 17.6 Å². The molecular formula is C19H25N3O2. The number of hydrogen-bond acceptors (Lipinski definition) is 4. The Morgan fingerprint density at radius 2 is 1.88 bits per heavy atom. The van der Waals surface area contributed by atoms with Crippen LogP contribution in [0.4, 0.5) is 0 Å². The molecule has 24 heavy (non-hydrogen) atoms. The summed E-state index contributed by atoms with van der Waals surface area (Å²) in [4.78, 5) is 4.94. The minimum atomic E-state index is 0.519. The highest BCUT2D eigenvalue weighted by atomic mass is 16.5. The Labute approximate surface area is 143 Å². The van der Waals surface area contributed by atoms with Crippen LogP contribution < -0.4 is 9.47 Å². The van der Waals surface area contributed by atoms with Crippen molar-refractivity contribution in [1.29, 1.82) is 5.26 Å². The summed E-state index contributed by atoms with van der Waals surface area (Å²) >= 11 is 0. The van der Waals surface area contributed by atoms with Crippen LogP contribution in [0.1, 0.15) is 56.7 Å². The Balaban J connectivity index is 2.06. The van der Waals surface area contributed by atoms with Crippen LogP contribution in [0.3, 0.4) is 0 Å². The molecule has 1 aliphatic carbocycles. The van der Waals surface area contributed by atoms with E-state index in [0.717, 1.165) is 35.6 Å². The lowest BCUT2D eigenvalue weighted by Gasteiger charge is -2.22. The van der Waals surface area contributed by atoms with Crippen molar-refractivity contribution < 1.29 is 9.47 Å². The van der Waals surface area contributed by atoms with E-state index in [4.69, 9.17) is 19.7 Å². The van der Waals surface area contributed by atoms with Crippen LogP contribution in [-0.2, 0) is 6.54 Å². The third-order valence-corrected chi connectivity index (χ3v) is 4.92. The molecule has 0 unspecified atom stereocenters. The maximum Gasteiger partial charge on any atom is 0.163 e. The SMILES string of the molecule is COc1cc2nc(C3CCCCC3)n(CCCC#N)c2cc1OC. The lowest BCUT2D eigenvalue weighted by molar-refractivity contribution is 0.355. The number of rotatable bonds is 6. The zero-order valence-electron chi connectivity index (χ0n) is 14.5. The van der Waals surface area contributed by atoms with Gasteiger partial charge in [-0.1, -0.05) is 19.3 Å². The first kappa shape index (κ1) is 16.6. The highest BCUT2D eigenvalue weighted by molar-refractivity contribution is 5.80. The standard InChI is InChI=1S/C19H25N3O2/c1-23-17-12-15-16(13-18(17)24-2)22(11-7-6-10-20)19(21-15)14-8-4-3-5-9-14/h12-14H,3-9,11H2,1-2H3. The third kappa shape index (κ3) is 3.19. The van der Waals surface area contributed by atoms with Crippen LogP contribution >= 0.6 is 0 Å². The van der Waals surface area contributed by atoms with E-state index in [2.05, 4.69) is 10.6 Å². The Morgan fingerprint density at radius 3 is 2.54 bits per heavy atom. The second kappa shape index (κ2) is 7.57. The number of benzene rings is 1. The number of imidazole rings is 1. The molecular weight excluding hydrogens is 302 g/mol. The van der Waals surface area contributed by atoms with Crippen molar-refractivity contribution in [2.75, 3.05) is 14.2 Å². The number of nitriles is 1. The molecule has 1 saturated carbocycles. The van der Waals surface area contributed by atoms with Gasteiger partial charge >= 0.3 is 0 Å². The monoisotopic (exact) mass is 327 g/mol. The average Bonchev–Trinajstić information content (AvgIpc) is 2.99. The van der Waals surface area contributed by atoms with Crippen LogP contribution in [0.5, 0.6) is 11.5 Å². The number of fused-ring (bicyclic) bond motifs is 1. The molecule has 0 spiro atoms. The predicted molar refractivity (Wildman–Crippen MR) is 93.5 cm³/mol. The second-order valence-electron chi connectivity index (χ2n) is 6.41. The number of nitrogens with zero attached hydrogens (tertiary/aromatic N) is 3. The Kier molecular flexibility index (Phi) is 5.24. The first-order valence-corrected chi connectivity index (χ1v) is 8.77. The number of unbranched alkanes of at least 4 members (excludes halogenated alkanes) is 1. The Hall–Kier alpha value is -2.22. The van der Waals surface area contributed by atoms with Gasteiger partial charge < -0.3 is 14.0 Å². The van der Waals surface area contributed by atoms with E-state index in [9.17, 15) is 0 Å². The second-order valence-corrected chi connectivity index (χ2v) is 6.41. The lowest BCUT2D eigenvalue weighted by atomic mass is 9.88. The van der Waals surface area contributed by atoms with Crippen LogP contribution in [0.25, 0.3) is 11.0 Å². The van der Waals surface area contributed by atoms with Crippen molar-refractivity contribution >= 4 is 11.0 Å². The van der Waals surface area contributed by atoms with Crippen LogP contribution in [-0.4, -0.2) is 23.8 Å². The first-order chi connectivity index (χ1) is 11.8. The van der Waals surface area contributed by atoms with Crippen molar-refractivity contribution in [3.05, 3.63) is 18.0 Å². The van der Waals surface area contributed by atoms with Crippen molar-refractivity contribution in [1.82, 2.24) is 9.55 Å². The highest BCUT2D eigenvalue weighted by Crippen LogP contribution is 2.37. The molecule has 0 saturated heterocycles. The largest absolute Gasteiger partial charge is 0.493 e. The zero-order valence-corrected chi connectivity index (χ0v) is 14.5. The first-order valence-electron chi connectivity index (χ1n) is 8.77. The molecule has 5 nitrogen and oxygen atoms in total. The van der Waals surface area contributed by atoms with Gasteiger partial charge in [0.05, 0.1) is 31.3 Å². The number of ether oxygens (including phenoxy) is 2. The van der Waals surface area contributed by atoms with Gasteiger partial charge in [0, 0.05) is 31.0 Å². The van der Waals surface area contributed by atoms with Crippen LogP contribution in [0.15, 0.2) is 12.1 Å². The summed E-state index contributed by atoms with van der Waals surface area (Å²) in [5.41, 5.74) is 2.02. The molecule has 0 bridgehead atoms. The van der Waals surface area contributed by atoms with E-state index in [1.54, 1.807) is 14.2 Å². The molecule has 1 aromatic heterocycles. The van der Waals surface area contributed by atoms with Crippen molar-refractivity contribution in [2.45, 2.75) is 57.4 Å². The molecule has 128 valence electrons. The van der Waals surface area contributed by atoms with Crippen LogP contribution in [0, 0.1) is 11.3 Å². The molecule has 1 fully saturated rings. The summed E-state index contributed by atoms with van der Waals surface area (Å²) in [6, 6.07) is 6.21. The minimum absolute atomic E-state index is 0.519. The molecule has 0 amide bonds. The van der Waals surface area contributed by atoms with E-state index < -0.39 is 0 Å². The number of hydrogen-bond donors (Lipinski definition) is 0. The molecule has 5 heteroatoms. The Bertz CT molecular complexity index is 739. The van der Waals surface area contributed by atoms with Crippen LogP contribution in [0.2, 0.25) is 0 Å². The molecule has 3 rings (SSSR count). The highest BCUT2D eigenvalue weighted by Gasteiger charge is 2.23. The average molecular weight is 327 g/mol. The molecule has 1 heterocycles. The maximum atomic E-state index is 8.87.